The van der Waals surface area contributed by atoms with Crippen LogP contribution in [0.15, 0.2) is 48.5 Å². The number of carbonyl (C=O) groups excluding carboxylic acids is 3. The number of benzene rings is 2. The standard InChI is InChI=1S/C26H31N3O6/c1-2-33-21-9-5-19(6-10-21)28-24(30)17-35-22-11-7-20(8-12-22)29-16-18(14-25(29)31)26(32)27-15-23-4-3-13-34-23/h5-12,18,23H,2-4,13-17H2,1H3,(H,27,32)(H,28,30)/t18-,23-/m1/s1. The van der Waals surface area contributed by atoms with Crippen LogP contribution in [0, 0.1) is 5.92 Å². The number of nitrogens with one attached hydrogen (secondary N) is 2. The lowest BCUT2D eigenvalue weighted by Gasteiger charge is -2.18. The Morgan fingerprint density at radius 3 is 2.46 bits per heavy atom. The first-order valence-electron chi connectivity index (χ1n) is 12.0. The molecule has 0 saturated carbocycles. The van der Waals surface area contributed by atoms with Crippen molar-refractivity contribution < 1.29 is 28.6 Å². The van der Waals surface area contributed by atoms with Crippen molar-refractivity contribution >= 4 is 29.1 Å². The van der Waals surface area contributed by atoms with E-state index in [9.17, 15) is 14.4 Å². The van der Waals surface area contributed by atoms with E-state index in [4.69, 9.17) is 14.2 Å². The average Bonchev–Trinajstić information content (AvgIpc) is 3.53. The number of nitrogens with zero attached hydrogens (tertiary/aromatic N) is 1. The summed E-state index contributed by atoms with van der Waals surface area (Å²) in [6.07, 6.45) is 2.22. The van der Waals surface area contributed by atoms with Gasteiger partial charge in [0.1, 0.15) is 11.5 Å². The third-order valence-electron chi connectivity index (χ3n) is 5.99. The van der Waals surface area contributed by atoms with Gasteiger partial charge in [-0.15, -0.1) is 0 Å². The summed E-state index contributed by atoms with van der Waals surface area (Å²) in [6, 6.07) is 14.0. The number of amides is 3. The SMILES string of the molecule is CCOc1ccc(NC(=O)COc2ccc(N3C[C@H](C(=O)NC[C@H]4CCCO4)CC3=O)cc2)cc1. The Labute approximate surface area is 204 Å². The van der Waals surface area contributed by atoms with E-state index < -0.39 is 0 Å². The number of carbonyl (C=O) groups is 3. The molecule has 0 bridgehead atoms. The molecule has 2 N–H and O–H groups in total. The minimum absolute atomic E-state index is 0.0720. The summed E-state index contributed by atoms with van der Waals surface area (Å²) in [6.45, 7) is 3.90. The van der Waals surface area contributed by atoms with E-state index in [0.29, 0.717) is 36.8 Å². The fourth-order valence-corrected chi connectivity index (χ4v) is 4.17. The normalized spacial score (nSPS) is 19.5. The van der Waals surface area contributed by atoms with Crippen LogP contribution in [0.3, 0.4) is 0 Å². The highest BCUT2D eigenvalue weighted by molar-refractivity contribution is 6.00. The molecular formula is C26H31N3O6. The molecule has 0 aromatic heterocycles. The number of ether oxygens (including phenoxy) is 3. The summed E-state index contributed by atoms with van der Waals surface area (Å²) < 4.78 is 16.5. The van der Waals surface area contributed by atoms with Crippen molar-refractivity contribution in [3.8, 4) is 11.5 Å². The molecule has 35 heavy (non-hydrogen) atoms. The van der Waals surface area contributed by atoms with Gasteiger partial charge in [0.05, 0.1) is 18.6 Å². The summed E-state index contributed by atoms with van der Waals surface area (Å²) in [5.74, 6) is 0.369. The Balaban J connectivity index is 1.23. The summed E-state index contributed by atoms with van der Waals surface area (Å²) in [4.78, 5) is 38.8. The fraction of sp³-hybridized carbons (Fsp3) is 0.423. The minimum atomic E-state index is -0.383. The summed E-state index contributed by atoms with van der Waals surface area (Å²) in [5, 5.41) is 5.68. The molecule has 2 saturated heterocycles. The molecule has 3 amide bonds. The molecule has 0 spiro atoms. The predicted molar refractivity (Wildman–Crippen MR) is 131 cm³/mol. The monoisotopic (exact) mass is 481 g/mol. The topological polar surface area (TPSA) is 106 Å². The number of rotatable bonds is 10. The Hall–Kier alpha value is -3.59. The van der Waals surface area contributed by atoms with Crippen LogP contribution in [0.5, 0.6) is 11.5 Å². The third kappa shape index (κ3) is 6.73. The highest BCUT2D eigenvalue weighted by atomic mass is 16.5. The van der Waals surface area contributed by atoms with E-state index in [1.165, 1.54) is 0 Å². The smallest absolute Gasteiger partial charge is 0.262 e. The van der Waals surface area contributed by atoms with Crippen molar-refractivity contribution in [2.45, 2.75) is 32.3 Å². The van der Waals surface area contributed by atoms with E-state index in [1.807, 2.05) is 6.92 Å². The first-order valence-corrected chi connectivity index (χ1v) is 12.0. The number of anilines is 2. The third-order valence-corrected chi connectivity index (χ3v) is 5.99. The van der Waals surface area contributed by atoms with Gasteiger partial charge in [0, 0.05) is 37.5 Å². The molecule has 186 valence electrons. The van der Waals surface area contributed by atoms with Gasteiger partial charge in [-0.3, -0.25) is 14.4 Å². The molecule has 0 aliphatic carbocycles. The van der Waals surface area contributed by atoms with Crippen molar-refractivity contribution in [3.05, 3.63) is 48.5 Å². The Morgan fingerprint density at radius 2 is 1.77 bits per heavy atom. The van der Waals surface area contributed by atoms with Crippen LogP contribution in [-0.2, 0) is 19.1 Å². The molecule has 9 heteroatoms. The highest BCUT2D eigenvalue weighted by Crippen LogP contribution is 2.27. The van der Waals surface area contributed by atoms with Crippen LogP contribution < -0.4 is 25.0 Å². The van der Waals surface area contributed by atoms with Gasteiger partial charge in [-0.2, -0.15) is 0 Å². The van der Waals surface area contributed by atoms with Crippen LogP contribution >= 0.6 is 0 Å². The fourth-order valence-electron chi connectivity index (χ4n) is 4.17. The quantitative estimate of drug-likeness (QED) is 0.541. The summed E-state index contributed by atoms with van der Waals surface area (Å²) in [7, 11) is 0. The van der Waals surface area contributed by atoms with Gasteiger partial charge >= 0.3 is 0 Å². The first-order chi connectivity index (χ1) is 17.0. The zero-order valence-corrected chi connectivity index (χ0v) is 19.8. The molecule has 2 aromatic carbocycles. The average molecular weight is 482 g/mol. The molecule has 2 aliphatic rings. The molecule has 2 aromatic rings. The van der Waals surface area contributed by atoms with Gasteiger partial charge in [0.15, 0.2) is 6.61 Å². The molecule has 4 rings (SSSR count). The van der Waals surface area contributed by atoms with Crippen LogP contribution in [0.4, 0.5) is 11.4 Å². The maximum absolute atomic E-state index is 12.5. The Bertz CT molecular complexity index is 1020. The Morgan fingerprint density at radius 1 is 1.06 bits per heavy atom. The van der Waals surface area contributed by atoms with Crippen molar-refractivity contribution in [2.75, 3.05) is 43.1 Å². The van der Waals surface area contributed by atoms with Crippen molar-refractivity contribution in [1.82, 2.24) is 5.32 Å². The second-order valence-corrected chi connectivity index (χ2v) is 8.57. The Kier molecular flexibility index (Phi) is 8.20. The van der Waals surface area contributed by atoms with E-state index in [-0.39, 0.29) is 42.8 Å². The van der Waals surface area contributed by atoms with E-state index in [2.05, 4.69) is 10.6 Å². The lowest BCUT2D eigenvalue weighted by Crippen LogP contribution is -2.37. The predicted octanol–water partition coefficient (Wildman–Crippen LogP) is 2.75. The van der Waals surface area contributed by atoms with Crippen LogP contribution in [0.2, 0.25) is 0 Å². The maximum atomic E-state index is 12.5. The van der Waals surface area contributed by atoms with Gasteiger partial charge in [0.2, 0.25) is 11.8 Å². The number of hydrogen-bond donors (Lipinski definition) is 2. The van der Waals surface area contributed by atoms with Crippen molar-refractivity contribution in [2.24, 2.45) is 5.92 Å². The second kappa shape index (κ2) is 11.7. The van der Waals surface area contributed by atoms with Crippen molar-refractivity contribution in [3.63, 3.8) is 0 Å². The van der Waals surface area contributed by atoms with E-state index >= 15 is 0 Å². The highest BCUT2D eigenvalue weighted by Gasteiger charge is 2.35. The zero-order chi connectivity index (χ0) is 24.6. The maximum Gasteiger partial charge on any atom is 0.262 e. The zero-order valence-electron chi connectivity index (χ0n) is 19.8. The van der Waals surface area contributed by atoms with Gasteiger partial charge in [-0.05, 0) is 68.3 Å². The molecule has 9 nitrogen and oxygen atoms in total. The molecular weight excluding hydrogens is 450 g/mol. The largest absolute Gasteiger partial charge is 0.494 e. The molecule has 2 heterocycles. The summed E-state index contributed by atoms with van der Waals surface area (Å²) in [5.41, 5.74) is 1.34. The molecule has 0 unspecified atom stereocenters. The van der Waals surface area contributed by atoms with Crippen LogP contribution in [0.1, 0.15) is 26.2 Å². The molecule has 2 atom stereocenters. The van der Waals surface area contributed by atoms with Gasteiger partial charge in [-0.1, -0.05) is 0 Å². The lowest BCUT2D eigenvalue weighted by molar-refractivity contribution is -0.126. The molecule has 0 radical (unpaired) electrons. The first kappa shape index (κ1) is 24.5. The minimum Gasteiger partial charge on any atom is -0.494 e. The van der Waals surface area contributed by atoms with Gasteiger partial charge in [0.25, 0.3) is 5.91 Å². The lowest BCUT2D eigenvalue weighted by atomic mass is 10.1. The van der Waals surface area contributed by atoms with Gasteiger partial charge < -0.3 is 29.7 Å². The van der Waals surface area contributed by atoms with E-state index in [1.54, 1.807) is 53.4 Å². The van der Waals surface area contributed by atoms with Gasteiger partial charge in [-0.25, -0.2) is 0 Å². The number of hydrogen-bond acceptors (Lipinski definition) is 6. The summed E-state index contributed by atoms with van der Waals surface area (Å²) >= 11 is 0. The van der Waals surface area contributed by atoms with Crippen LogP contribution in [-0.4, -0.2) is 56.7 Å². The molecule has 2 aliphatic heterocycles. The van der Waals surface area contributed by atoms with E-state index in [0.717, 1.165) is 25.2 Å². The van der Waals surface area contributed by atoms with Crippen molar-refractivity contribution in [1.29, 1.82) is 0 Å². The van der Waals surface area contributed by atoms with Crippen LogP contribution in [0.25, 0.3) is 0 Å². The molecule has 2 fully saturated rings. The second-order valence-electron chi connectivity index (χ2n) is 8.57.